The van der Waals surface area contributed by atoms with Crippen molar-refractivity contribution in [3.8, 4) is 0 Å². The van der Waals surface area contributed by atoms with E-state index in [0.29, 0.717) is 0 Å². The molecule has 3 heteroatoms. The van der Waals surface area contributed by atoms with Crippen LogP contribution >= 0.6 is 11.3 Å². The van der Waals surface area contributed by atoms with Crippen molar-refractivity contribution in [1.29, 1.82) is 5.41 Å². The van der Waals surface area contributed by atoms with Crippen molar-refractivity contribution >= 4 is 17.6 Å². The molecule has 0 saturated carbocycles. The van der Waals surface area contributed by atoms with Gasteiger partial charge in [-0.15, -0.1) is 11.3 Å². The van der Waals surface area contributed by atoms with Crippen LogP contribution in [0.3, 0.4) is 0 Å². The quantitative estimate of drug-likeness (QED) is 0.687. The Morgan fingerprint density at radius 3 is 2.00 bits per heavy atom. The molecule has 0 aliphatic heterocycles. The standard InChI is InChI=1S/C5H7NS.C3H7N.C2H6/c1-4-3-7-5(2)6-4;1-2-3-4;1-2/h3H,1-2H3;3-4H,2H2,1H3;1-2H3. The van der Waals surface area contributed by atoms with Gasteiger partial charge in [0, 0.05) is 11.1 Å². The monoisotopic (exact) mass is 200 g/mol. The summed E-state index contributed by atoms with van der Waals surface area (Å²) in [5, 5.41) is 9.53. The van der Waals surface area contributed by atoms with Crippen molar-refractivity contribution in [3.05, 3.63) is 16.1 Å². The summed E-state index contributed by atoms with van der Waals surface area (Å²) in [5.74, 6) is 0. The fourth-order valence-corrected chi connectivity index (χ4v) is 1.06. The molecular weight excluding hydrogens is 180 g/mol. The number of nitrogens with one attached hydrogen (secondary N) is 1. The summed E-state index contributed by atoms with van der Waals surface area (Å²) < 4.78 is 0. The minimum absolute atomic E-state index is 0.861. The van der Waals surface area contributed by atoms with Gasteiger partial charge in [-0.2, -0.15) is 0 Å². The molecule has 0 bridgehead atoms. The predicted molar refractivity (Wildman–Crippen MR) is 62.0 cm³/mol. The molecule has 1 rings (SSSR count). The van der Waals surface area contributed by atoms with Gasteiger partial charge in [-0.25, -0.2) is 4.98 Å². The SMILES string of the molecule is CC.CCC=N.Cc1csc(C)n1. The molecule has 0 aromatic carbocycles. The molecule has 0 aliphatic carbocycles. The van der Waals surface area contributed by atoms with Crippen LogP contribution in [0.1, 0.15) is 37.9 Å². The molecule has 0 aliphatic rings. The van der Waals surface area contributed by atoms with Gasteiger partial charge in [0.25, 0.3) is 0 Å². The van der Waals surface area contributed by atoms with Crippen LogP contribution in [-0.4, -0.2) is 11.2 Å². The first-order valence-electron chi connectivity index (χ1n) is 4.58. The molecule has 0 fully saturated rings. The van der Waals surface area contributed by atoms with Crippen molar-refractivity contribution < 1.29 is 0 Å². The summed E-state index contributed by atoms with van der Waals surface area (Å²) in [6, 6.07) is 0. The Bertz CT molecular complexity index is 190. The maximum Gasteiger partial charge on any atom is 0.0897 e. The lowest BCUT2D eigenvalue weighted by molar-refractivity contribution is 1.20. The van der Waals surface area contributed by atoms with Gasteiger partial charge >= 0.3 is 0 Å². The predicted octanol–water partition coefficient (Wildman–Crippen LogP) is 3.83. The molecule has 1 aromatic heterocycles. The number of rotatable bonds is 1. The maximum absolute atomic E-state index is 6.33. The van der Waals surface area contributed by atoms with Gasteiger partial charge < -0.3 is 5.41 Å². The molecule has 0 atom stereocenters. The Morgan fingerprint density at radius 2 is 1.92 bits per heavy atom. The van der Waals surface area contributed by atoms with Crippen LogP contribution in [0.2, 0.25) is 0 Å². The van der Waals surface area contributed by atoms with E-state index >= 15 is 0 Å². The van der Waals surface area contributed by atoms with Crippen molar-refractivity contribution in [1.82, 2.24) is 4.98 Å². The van der Waals surface area contributed by atoms with Crippen molar-refractivity contribution in [3.63, 3.8) is 0 Å². The third-order valence-corrected chi connectivity index (χ3v) is 1.83. The van der Waals surface area contributed by atoms with Gasteiger partial charge in [0.05, 0.1) is 5.01 Å². The number of nitrogens with zero attached hydrogens (tertiary/aromatic N) is 1. The molecule has 0 saturated heterocycles. The Morgan fingerprint density at radius 1 is 1.46 bits per heavy atom. The molecule has 1 heterocycles. The van der Waals surface area contributed by atoms with Crippen molar-refractivity contribution in [2.45, 2.75) is 41.0 Å². The van der Waals surface area contributed by atoms with Gasteiger partial charge in [-0.1, -0.05) is 20.8 Å². The van der Waals surface area contributed by atoms with Crippen LogP contribution in [0.4, 0.5) is 0 Å². The first kappa shape index (κ1) is 14.8. The van der Waals surface area contributed by atoms with E-state index in [9.17, 15) is 0 Å². The van der Waals surface area contributed by atoms with Crippen LogP contribution in [0.15, 0.2) is 5.38 Å². The van der Waals surface area contributed by atoms with Gasteiger partial charge in [-0.05, 0) is 26.5 Å². The van der Waals surface area contributed by atoms with Gasteiger partial charge in [0.15, 0.2) is 0 Å². The molecule has 0 unspecified atom stereocenters. The van der Waals surface area contributed by atoms with E-state index in [2.05, 4.69) is 10.4 Å². The molecule has 76 valence electrons. The minimum Gasteiger partial charge on any atom is -0.313 e. The highest BCUT2D eigenvalue weighted by molar-refractivity contribution is 7.09. The van der Waals surface area contributed by atoms with Crippen LogP contribution < -0.4 is 0 Å². The second-order valence-electron chi connectivity index (χ2n) is 2.12. The fraction of sp³-hybridized carbons (Fsp3) is 0.600. The summed E-state index contributed by atoms with van der Waals surface area (Å²) in [7, 11) is 0. The average molecular weight is 200 g/mol. The lowest BCUT2D eigenvalue weighted by Gasteiger charge is -1.71. The van der Waals surface area contributed by atoms with Crippen LogP contribution in [0.25, 0.3) is 0 Å². The van der Waals surface area contributed by atoms with Crippen LogP contribution in [0.5, 0.6) is 0 Å². The molecule has 1 N–H and O–H groups in total. The van der Waals surface area contributed by atoms with Crippen LogP contribution in [-0.2, 0) is 0 Å². The lowest BCUT2D eigenvalue weighted by Crippen LogP contribution is -1.67. The van der Waals surface area contributed by atoms with Gasteiger partial charge in [0.2, 0.25) is 0 Å². The third-order valence-electron chi connectivity index (χ3n) is 0.938. The molecule has 0 radical (unpaired) electrons. The molecule has 0 spiro atoms. The smallest absolute Gasteiger partial charge is 0.0897 e. The molecule has 0 amide bonds. The second kappa shape index (κ2) is 11.3. The van der Waals surface area contributed by atoms with E-state index in [0.717, 1.165) is 17.1 Å². The van der Waals surface area contributed by atoms with Crippen LogP contribution in [0, 0.1) is 19.3 Å². The van der Waals surface area contributed by atoms with Gasteiger partial charge in [0.1, 0.15) is 0 Å². The van der Waals surface area contributed by atoms with Gasteiger partial charge in [-0.3, -0.25) is 0 Å². The lowest BCUT2D eigenvalue weighted by atomic mass is 10.6. The average Bonchev–Trinajstić information content (AvgIpc) is 2.54. The topological polar surface area (TPSA) is 36.7 Å². The first-order chi connectivity index (χ1) is 6.20. The fourth-order valence-electron chi connectivity index (χ4n) is 0.472. The Hall–Kier alpha value is -0.700. The minimum atomic E-state index is 0.861. The number of hydrogen-bond acceptors (Lipinski definition) is 3. The van der Waals surface area contributed by atoms with E-state index in [1.54, 1.807) is 11.3 Å². The normalized spacial score (nSPS) is 7.46. The number of thiazole rings is 1. The molecule has 1 aromatic rings. The zero-order valence-corrected chi connectivity index (χ0v) is 10.0. The Balaban J connectivity index is 0. The number of hydrogen-bond donors (Lipinski definition) is 1. The van der Waals surface area contributed by atoms with E-state index in [1.807, 2.05) is 34.6 Å². The Labute approximate surface area is 85.5 Å². The third kappa shape index (κ3) is 11.3. The zero-order valence-electron chi connectivity index (χ0n) is 9.22. The number of aryl methyl sites for hydroxylation is 2. The van der Waals surface area contributed by atoms with Crippen molar-refractivity contribution in [2.75, 3.05) is 0 Å². The number of aromatic nitrogens is 1. The molecular formula is C10H20N2S. The summed E-state index contributed by atoms with van der Waals surface area (Å²) >= 11 is 1.69. The highest BCUT2D eigenvalue weighted by atomic mass is 32.1. The summed E-state index contributed by atoms with van der Waals surface area (Å²) in [5.41, 5.74) is 1.13. The molecule has 2 nitrogen and oxygen atoms in total. The van der Waals surface area contributed by atoms with E-state index in [4.69, 9.17) is 5.41 Å². The highest BCUT2D eigenvalue weighted by Crippen LogP contribution is 2.04. The summed E-state index contributed by atoms with van der Waals surface area (Å²) in [6.45, 7) is 9.95. The van der Waals surface area contributed by atoms with E-state index in [-0.39, 0.29) is 0 Å². The highest BCUT2D eigenvalue weighted by Gasteiger charge is 1.85. The zero-order chi connectivity index (χ0) is 10.7. The summed E-state index contributed by atoms with van der Waals surface area (Å²) in [6.07, 6.45) is 2.24. The first-order valence-corrected chi connectivity index (χ1v) is 5.46. The van der Waals surface area contributed by atoms with Crippen molar-refractivity contribution in [2.24, 2.45) is 0 Å². The summed E-state index contributed by atoms with van der Waals surface area (Å²) in [4.78, 5) is 4.13. The maximum atomic E-state index is 6.33. The van der Waals surface area contributed by atoms with E-state index < -0.39 is 0 Å². The molecule has 13 heavy (non-hydrogen) atoms. The van der Waals surface area contributed by atoms with E-state index in [1.165, 1.54) is 6.21 Å². The second-order valence-corrected chi connectivity index (χ2v) is 3.18. The largest absolute Gasteiger partial charge is 0.313 e. The Kier molecular flexibility index (Phi) is 12.9.